The van der Waals surface area contributed by atoms with E-state index in [0.29, 0.717) is 22.2 Å². The number of aliphatic hydroxyl groups excluding tert-OH is 1. The number of methoxy groups -OCH3 is 1. The number of esters is 1. The molecular weight excluding hydrogens is 804 g/mol. The number of carbonyl (C=O) groups excluding carboxylic acids is 4. The number of hydrogen-bond donors (Lipinski definition) is 2. The molecule has 4 aliphatic heterocycles. The molecule has 3 aromatic carbocycles. The molecule has 58 heavy (non-hydrogen) atoms. The number of carbonyl (C=O) groups is 4. The zero-order valence-electron chi connectivity index (χ0n) is 33.0. The topological polar surface area (TPSA) is 138 Å². The average molecular weight is 856 g/mol. The van der Waals surface area contributed by atoms with Crippen LogP contribution in [0.15, 0.2) is 108 Å². The predicted octanol–water partition coefficient (Wildman–Crippen LogP) is 5.11. The fraction of sp³-hybridized carbons (Fsp3) is 0.422. The average Bonchev–Trinajstić information content (AvgIpc) is 3.84. The predicted molar refractivity (Wildman–Crippen MR) is 223 cm³/mol. The molecule has 3 amide bonds. The maximum atomic E-state index is 15.6. The van der Waals surface area contributed by atoms with Crippen LogP contribution in [-0.4, -0.2) is 103 Å². The van der Waals surface area contributed by atoms with Gasteiger partial charge in [-0.3, -0.25) is 19.2 Å². The molecule has 0 saturated carbocycles. The standard InChI is InChI=1S/C45H51BrN4O8/c1-4-48(5-2)31-20-22-32(23-21-31)49-24-14-8-13-19-36(52)47-35(28-56-3)39(30-17-11-7-12-18-30)57-44(55)37-38-42(53)50(33(27-51)25-29-15-9-6-10-16-29)41(43(49)54)45(38)26-34(46)40(37)58-45/h6-12,14-18,20-23,26,33,35,37-41,51H,4-5,13,19,24-25,27-28H2,1-3H3,(H,47,52)/b14-8-/t33-,35-,37+,38-,39-,40+,41+,45-/m1/s1. The van der Waals surface area contributed by atoms with E-state index in [1.165, 1.54) is 12.0 Å². The first-order valence-electron chi connectivity index (χ1n) is 20.0. The summed E-state index contributed by atoms with van der Waals surface area (Å²) in [7, 11) is 1.51. The van der Waals surface area contributed by atoms with Gasteiger partial charge in [0.05, 0.1) is 31.2 Å². The van der Waals surface area contributed by atoms with Gasteiger partial charge in [-0.1, -0.05) is 88.7 Å². The Morgan fingerprint density at radius 3 is 2.28 bits per heavy atom. The molecule has 7 rings (SSSR count). The molecular formula is C45H51BrN4O8. The van der Waals surface area contributed by atoms with E-state index in [4.69, 9.17) is 14.2 Å². The molecule has 4 heterocycles. The summed E-state index contributed by atoms with van der Waals surface area (Å²) in [6.45, 7) is 5.50. The Balaban J connectivity index is 1.37. The van der Waals surface area contributed by atoms with Gasteiger partial charge in [0.1, 0.15) is 29.8 Å². The monoisotopic (exact) mass is 854 g/mol. The summed E-state index contributed by atoms with van der Waals surface area (Å²) in [6.07, 6.45) is 4.33. The Morgan fingerprint density at radius 2 is 1.62 bits per heavy atom. The van der Waals surface area contributed by atoms with Gasteiger partial charge in [-0.05, 0) is 68.2 Å². The maximum absolute atomic E-state index is 15.6. The van der Waals surface area contributed by atoms with Gasteiger partial charge in [0.25, 0.3) is 5.91 Å². The number of ether oxygens (including phenoxy) is 3. The van der Waals surface area contributed by atoms with Crippen LogP contribution in [-0.2, 0) is 39.8 Å². The molecule has 1 spiro atoms. The third-order valence-corrected chi connectivity index (χ3v) is 12.4. The molecule has 0 aliphatic carbocycles. The SMILES string of the molecule is CCN(CC)c1ccc(N2C/C=C\CCC(=O)N[C@H](COC)[C@@H](c3ccccc3)OC(=O)[C@@H]3[C@H]4O[C@@]5(C=C4Br)[C@H](C2=O)N([C@@H](CO)Cc2ccccc2)C(=O)[C@@H]35)cc1. The second kappa shape index (κ2) is 18.0. The zero-order chi connectivity index (χ0) is 41.0. The molecule has 306 valence electrons. The van der Waals surface area contributed by atoms with Crippen LogP contribution in [0.4, 0.5) is 11.4 Å². The second-order valence-electron chi connectivity index (χ2n) is 15.1. The molecule has 4 aliphatic rings. The van der Waals surface area contributed by atoms with E-state index in [0.717, 1.165) is 24.3 Å². The molecule has 8 atom stereocenters. The van der Waals surface area contributed by atoms with Gasteiger partial charge in [-0.15, -0.1) is 0 Å². The van der Waals surface area contributed by atoms with Gasteiger partial charge in [0.2, 0.25) is 11.8 Å². The fourth-order valence-corrected chi connectivity index (χ4v) is 9.78. The number of nitrogens with zero attached hydrogens (tertiary/aromatic N) is 3. The lowest BCUT2D eigenvalue weighted by Crippen LogP contribution is -2.59. The number of allylic oxidation sites excluding steroid dienone is 1. The van der Waals surface area contributed by atoms with E-state index in [-0.39, 0.29) is 31.9 Å². The van der Waals surface area contributed by atoms with Crippen molar-refractivity contribution in [3.05, 3.63) is 119 Å². The fourth-order valence-electron chi connectivity index (χ4n) is 9.04. The Morgan fingerprint density at radius 1 is 0.931 bits per heavy atom. The minimum Gasteiger partial charge on any atom is -0.455 e. The summed E-state index contributed by atoms with van der Waals surface area (Å²) in [5.74, 6) is -4.22. The smallest absolute Gasteiger partial charge is 0.313 e. The van der Waals surface area contributed by atoms with Gasteiger partial charge < -0.3 is 39.3 Å². The molecule has 0 unspecified atom stereocenters. The van der Waals surface area contributed by atoms with Crippen molar-refractivity contribution in [2.45, 2.75) is 69.0 Å². The van der Waals surface area contributed by atoms with Gasteiger partial charge in [-0.25, -0.2) is 0 Å². The quantitative estimate of drug-likeness (QED) is 0.199. The van der Waals surface area contributed by atoms with Crippen molar-refractivity contribution in [1.82, 2.24) is 10.2 Å². The van der Waals surface area contributed by atoms with E-state index < -0.39 is 72.2 Å². The first-order chi connectivity index (χ1) is 28.1. The van der Waals surface area contributed by atoms with E-state index >= 15 is 9.59 Å². The molecule has 0 aromatic heterocycles. The lowest BCUT2D eigenvalue weighted by Gasteiger charge is -2.39. The number of nitrogens with one attached hydrogen (secondary N) is 1. The number of fused-ring (bicyclic) bond motifs is 2. The molecule has 2 N–H and O–H groups in total. The van der Waals surface area contributed by atoms with E-state index in [2.05, 4.69) is 40.0 Å². The molecule has 2 saturated heterocycles. The summed E-state index contributed by atoms with van der Waals surface area (Å²) >= 11 is 3.66. The van der Waals surface area contributed by atoms with Gasteiger partial charge in [0, 0.05) is 49.0 Å². The van der Waals surface area contributed by atoms with Crippen molar-refractivity contribution >= 4 is 51.0 Å². The van der Waals surface area contributed by atoms with Crippen LogP contribution in [0.3, 0.4) is 0 Å². The zero-order valence-corrected chi connectivity index (χ0v) is 34.6. The Labute approximate surface area is 347 Å². The summed E-state index contributed by atoms with van der Waals surface area (Å²) in [5, 5.41) is 14.1. The third-order valence-electron chi connectivity index (χ3n) is 11.8. The molecule has 2 fully saturated rings. The number of halogens is 1. The van der Waals surface area contributed by atoms with Crippen molar-refractivity contribution < 1.29 is 38.5 Å². The summed E-state index contributed by atoms with van der Waals surface area (Å²) in [6, 6.07) is 23.4. The number of benzene rings is 3. The summed E-state index contributed by atoms with van der Waals surface area (Å²) < 4.78 is 19.3. The normalized spacial score (nSPS) is 28.5. The Kier molecular flexibility index (Phi) is 12.8. The highest BCUT2D eigenvalue weighted by Crippen LogP contribution is 2.59. The maximum Gasteiger partial charge on any atom is 0.313 e. The highest BCUT2D eigenvalue weighted by molar-refractivity contribution is 9.11. The summed E-state index contributed by atoms with van der Waals surface area (Å²) in [4.78, 5) is 64.3. The van der Waals surface area contributed by atoms with Crippen molar-refractivity contribution in [1.29, 1.82) is 0 Å². The third kappa shape index (κ3) is 7.84. The Hall–Kier alpha value is -4.82. The number of amides is 3. The van der Waals surface area contributed by atoms with Crippen LogP contribution in [0.5, 0.6) is 0 Å². The van der Waals surface area contributed by atoms with E-state index in [1.54, 1.807) is 11.0 Å². The highest BCUT2D eigenvalue weighted by Gasteiger charge is 2.75. The van der Waals surface area contributed by atoms with Gasteiger partial charge in [0.15, 0.2) is 0 Å². The summed E-state index contributed by atoms with van der Waals surface area (Å²) in [5.41, 5.74) is 1.51. The molecule has 12 nitrogen and oxygen atoms in total. The van der Waals surface area contributed by atoms with Crippen molar-refractivity contribution in [3.63, 3.8) is 0 Å². The van der Waals surface area contributed by atoms with Crippen molar-refractivity contribution in [3.8, 4) is 0 Å². The van der Waals surface area contributed by atoms with Crippen LogP contribution in [0.25, 0.3) is 0 Å². The number of rotatable bonds is 11. The first kappa shape index (κ1) is 41.3. The minimum atomic E-state index is -1.58. The Bertz CT molecular complexity index is 2010. The van der Waals surface area contributed by atoms with Gasteiger partial charge >= 0.3 is 5.97 Å². The van der Waals surface area contributed by atoms with Crippen molar-refractivity contribution in [2.24, 2.45) is 11.8 Å². The van der Waals surface area contributed by atoms with Crippen LogP contribution in [0.1, 0.15) is 43.9 Å². The lowest BCUT2D eigenvalue weighted by atomic mass is 9.74. The van der Waals surface area contributed by atoms with Crippen LogP contribution in [0, 0.1) is 11.8 Å². The first-order valence-corrected chi connectivity index (χ1v) is 20.8. The number of cyclic esters (lactones) is 1. The largest absolute Gasteiger partial charge is 0.455 e. The van der Waals surface area contributed by atoms with Crippen molar-refractivity contribution in [2.75, 3.05) is 49.8 Å². The van der Waals surface area contributed by atoms with Gasteiger partial charge in [-0.2, -0.15) is 0 Å². The number of aliphatic hydroxyl groups is 1. The molecule has 0 radical (unpaired) electrons. The highest BCUT2D eigenvalue weighted by atomic mass is 79.9. The van der Waals surface area contributed by atoms with Crippen LogP contribution in [0.2, 0.25) is 0 Å². The number of anilines is 2. The molecule has 5 bridgehead atoms. The number of hydrogen-bond acceptors (Lipinski definition) is 9. The van der Waals surface area contributed by atoms with Crippen LogP contribution < -0.4 is 15.1 Å². The van der Waals surface area contributed by atoms with E-state index in [9.17, 15) is 14.7 Å². The van der Waals surface area contributed by atoms with Crippen LogP contribution >= 0.6 is 15.9 Å². The lowest BCUT2D eigenvalue weighted by molar-refractivity contribution is -0.162. The number of likely N-dealkylation sites (tertiary alicyclic amines) is 1. The minimum absolute atomic E-state index is 0.0406. The van der Waals surface area contributed by atoms with E-state index in [1.807, 2.05) is 97.1 Å². The molecule has 13 heteroatoms. The molecule has 3 aromatic rings. The second-order valence-corrected chi connectivity index (χ2v) is 16.1.